The van der Waals surface area contributed by atoms with Gasteiger partial charge in [-0.3, -0.25) is 0 Å². The number of nitrogens with one attached hydrogen (secondary N) is 1. The minimum Gasteiger partial charge on any atom is -0.377 e. The SMILES string of the molecule is CCNc1cc(Sc2ccccc2Br)nc(COC)n1. The Morgan fingerprint density at radius 1 is 1.30 bits per heavy atom. The minimum atomic E-state index is 0.406. The van der Waals surface area contributed by atoms with Crippen molar-refractivity contribution in [1.82, 2.24) is 9.97 Å². The van der Waals surface area contributed by atoms with Crippen molar-refractivity contribution in [2.45, 2.75) is 23.5 Å². The van der Waals surface area contributed by atoms with Crippen molar-refractivity contribution in [2.75, 3.05) is 19.0 Å². The second-order valence-corrected chi connectivity index (χ2v) is 5.92. The third-order valence-corrected chi connectivity index (χ3v) is 4.38. The summed E-state index contributed by atoms with van der Waals surface area (Å²) in [7, 11) is 1.64. The lowest BCUT2D eigenvalue weighted by atomic mass is 10.4. The van der Waals surface area contributed by atoms with E-state index in [1.807, 2.05) is 31.2 Å². The van der Waals surface area contributed by atoms with Gasteiger partial charge in [0.25, 0.3) is 0 Å². The number of aromatic nitrogens is 2. The van der Waals surface area contributed by atoms with E-state index in [-0.39, 0.29) is 0 Å². The molecule has 0 aliphatic heterocycles. The molecule has 0 bridgehead atoms. The highest BCUT2D eigenvalue weighted by molar-refractivity contribution is 9.10. The van der Waals surface area contributed by atoms with E-state index in [1.165, 1.54) is 0 Å². The summed E-state index contributed by atoms with van der Waals surface area (Å²) in [4.78, 5) is 10.0. The second kappa shape index (κ2) is 7.61. The van der Waals surface area contributed by atoms with E-state index in [0.29, 0.717) is 12.4 Å². The lowest BCUT2D eigenvalue weighted by molar-refractivity contribution is 0.177. The number of ether oxygens (including phenoxy) is 1. The van der Waals surface area contributed by atoms with Crippen LogP contribution in [0, 0.1) is 0 Å². The molecule has 0 aliphatic rings. The van der Waals surface area contributed by atoms with Crippen molar-refractivity contribution in [1.29, 1.82) is 0 Å². The first-order valence-corrected chi connectivity index (χ1v) is 7.87. The van der Waals surface area contributed by atoms with Crippen LogP contribution >= 0.6 is 27.7 Å². The lowest BCUT2D eigenvalue weighted by Crippen LogP contribution is -2.05. The van der Waals surface area contributed by atoms with Gasteiger partial charge >= 0.3 is 0 Å². The van der Waals surface area contributed by atoms with Crippen molar-refractivity contribution in [2.24, 2.45) is 0 Å². The van der Waals surface area contributed by atoms with Crippen LogP contribution in [0.2, 0.25) is 0 Å². The van der Waals surface area contributed by atoms with Gasteiger partial charge in [-0.2, -0.15) is 0 Å². The van der Waals surface area contributed by atoms with E-state index >= 15 is 0 Å². The van der Waals surface area contributed by atoms with Crippen molar-refractivity contribution >= 4 is 33.5 Å². The third kappa shape index (κ3) is 4.19. The molecule has 4 nitrogen and oxygen atoms in total. The molecule has 0 aliphatic carbocycles. The van der Waals surface area contributed by atoms with Crippen LogP contribution in [0.25, 0.3) is 0 Å². The molecule has 6 heteroatoms. The Balaban J connectivity index is 2.28. The first-order valence-electron chi connectivity index (χ1n) is 6.26. The zero-order valence-electron chi connectivity index (χ0n) is 11.4. The number of benzene rings is 1. The fraction of sp³-hybridized carbons (Fsp3) is 0.286. The maximum Gasteiger partial charge on any atom is 0.157 e. The normalized spacial score (nSPS) is 10.6. The molecule has 2 aromatic rings. The second-order valence-electron chi connectivity index (χ2n) is 4.00. The first kappa shape index (κ1) is 15.3. The highest BCUT2D eigenvalue weighted by Gasteiger charge is 2.07. The number of hydrogen-bond acceptors (Lipinski definition) is 5. The molecule has 0 atom stereocenters. The minimum absolute atomic E-state index is 0.406. The maximum atomic E-state index is 5.12. The van der Waals surface area contributed by atoms with Crippen LogP contribution in [0.3, 0.4) is 0 Å². The molecular formula is C14H16BrN3OS. The maximum absolute atomic E-state index is 5.12. The summed E-state index contributed by atoms with van der Waals surface area (Å²) in [6.45, 7) is 3.27. The van der Waals surface area contributed by atoms with E-state index < -0.39 is 0 Å². The summed E-state index contributed by atoms with van der Waals surface area (Å²) in [5.74, 6) is 1.50. The molecule has 20 heavy (non-hydrogen) atoms. The number of rotatable bonds is 6. The predicted molar refractivity (Wildman–Crippen MR) is 85.2 cm³/mol. The van der Waals surface area contributed by atoms with Crippen LogP contribution < -0.4 is 5.32 Å². The fourth-order valence-electron chi connectivity index (χ4n) is 1.63. The van der Waals surface area contributed by atoms with Gasteiger partial charge < -0.3 is 10.1 Å². The zero-order chi connectivity index (χ0) is 14.4. The zero-order valence-corrected chi connectivity index (χ0v) is 13.8. The van der Waals surface area contributed by atoms with E-state index in [2.05, 4.69) is 37.3 Å². The number of methoxy groups -OCH3 is 1. The topological polar surface area (TPSA) is 47.0 Å². The summed E-state index contributed by atoms with van der Waals surface area (Å²) >= 11 is 5.15. The standard InChI is InChI=1S/C14H16BrN3OS/c1-3-16-12-8-14(18-13(17-12)9-19-2)20-11-7-5-4-6-10(11)15/h4-8H,3,9H2,1-2H3,(H,16,17,18). The monoisotopic (exact) mass is 353 g/mol. The van der Waals surface area contributed by atoms with Gasteiger partial charge in [-0.1, -0.05) is 23.9 Å². The van der Waals surface area contributed by atoms with Crippen molar-refractivity contribution in [3.05, 3.63) is 40.6 Å². The van der Waals surface area contributed by atoms with Gasteiger partial charge in [-0.15, -0.1) is 0 Å². The van der Waals surface area contributed by atoms with Crippen molar-refractivity contribution in [3.8, 4) is 0 Å². The lowest BCUT2D eigenvalue weighted by Gasteiger charge is -2.09. The molecule has 1 aromatic carbocycles. The Bertz CT molecular complexity index is 556. The summed E-state index contributed by atoms with van der Waals surface area (Å²) in [6, 6.07) is 10.0. The van der Waals surface area contributed by atoms with E-state index in [0.717, 1.165) is 26.8 Å². The van der Waals surface area contributed by atoms with Crippen molar-refractivity contribution < 1.29 is 4.74 Å². The van der Waals surface area contributed by atoms with Gasteiger partial charge in [0.2, 0.25) is 0 Å². The van der Waals surface area contributed by atoms with Gasteiger partial charge in [0.1, 0.15) is 17.5 Å². The first-order chi connectivity index (χ1) is 9.72. The summed E-state index contributed by atoms with van der Waals surface area (Å²) in [5, 5.41) is 4.11. The van der Waals surface area contributed by atoms with E-state index in [1.54, 1.807) is 18.9 Å². The van der Waals surface area contributed by atoms with Crippen LogP contribution in [-0.4, -0.2) is 23.6 Å². The molecule has 0 amide bonds. The molecule has 1 heterocycles. The highest BCUT2D eigenvalue weighted by atomic mass is 79.9. The highest BCUT2D eigenvalue weighted by Crippen LogP contribution is 2.32. The molecule has 1 aromatic heterocycles. The number of hydrogen-bond donors (Lipinski definition) is 1. The quantitative estimate of drug-likeness (QED) is 0.796. The molecule has 0 saturated carbocycles. The molecule has 106 valence electrons. The largest absolute Gasteiger partial charge is 0.377 e. The molecule has 0 saturated heterocycles. The Labute approximate surface area is 131 Å². The summed E-state index contributed by atoms with van der Waals surface area (Å²) in [6.07, 6.45) is 0. The van der Waals surface area contributed by atoms with E-state index in [9.17, 15) is 0 Å². The molecule has 0 spiro atoms. The van der Waals surface area contributed by atoms with E-state index in [4.69, 9.17) is 4.74 Å². The van der Waals surface area contributed by atoms with Crippen LogP contribution in [0.15, 0.2) is 44.7 Å². The predicted octanol–water partition coefficient (Wildman–Crippen LogP) is 3.97. The molecule has 0 radical (unpaired) electrons. The number of anilines is 1. The summed E-state index contributed by atoms with van der Waals surface area (Å²) in [5.41, 5.74) is 0. The van der Waals surface area contributed by atoms with Crippen LogP contribution in [0.4, 0.5) is 5.82 Å². The van der Waals surface area contributed by atoms with Crippen LogP contribution in [-0.2, 0) is 11.3 Å². The van der Waals surface area contributed by atoms with Crippen LogP contribution in [0.5, 0.6) is 0 Å². The molecule has 2 rings (SSSR count). The molecular weight excluding hydrogens is 338 g/mol. The fourth-order valence-corrected chi connectivity index (χ4v) is 3.02. The molecule has 0 fully saturated rings. The van der Waals surface area contributed by atoms with Gasteiger partial charge in [-0.25, -0.2) is 9.97 Å². The van der Waals surface area contributed by atoms with Crippen molar-refractivity contribution in [3.63, 3.8) is 0 Å². The Morgan fingerprint density at radius 3 is 2.80 bits per heavy atom. The Hall–Kier alpha value is -1.11. The van der Waals surface area contributed by atoms with Gasteiger partial charge in [0.05, 0.1) is 0 Å². The average molecular weight is 354 g/mol. The van der Waals surface area contributed by atoms with Gasteiger partial charge in [0.15, 0.2) is 5.82 Å². The number of halogens is 1. The van der Waals surface area contributed by atoms with Gasteiger partial charge in [-0.05, 0) is 35.0 Å². The smallest absolute Gasteiger partial charge is 0.157 e. The Morgan fingerprint density at radius 2 is 2.10 bits per heavy atom. The summed E-state index contributed by atoms with van der Waals surface area (Å²) < 4.78 is 6.18. The molecule has 1 N–H and O–H groups in total. The average Bonchev–Trinajstić information content (AvgIpc) is 2.42. The van der Waals surface area contributed by atoms with Crippen LogP contribution in [0.1, 0.15) is 12.7 Å². The Kier molecular flexibility index (Phi) is 5.82. The third-order valence-electron chi connectivity index (χ3n) is 2.43. The van der Waals surface area contributed by atoms with Gasteiger partial charge in [0, 0.05) is 29.1 Å². The number of nitrogens with zero attached hydrogens (tertiary/aromatic N) is 2. The molecule has 0 unspecified atom stereocenters.